The summed E-state index contributed by atoms with van der Waals surface area (Å²) in [5.41, 5.74) is 12.3. The summed E-state index contributed by atoms with van der Waals surface area (Å²) in [7, 11) is -5.24. The van der Waals surface area contributed by atoms with E-state index in [1.54, 1.807) is 30.3 Å². The number of carboxylic acid groups (broad SMARTS) is 1. The number of likely N-dealkylation sites (tertiary alicyclic amines) is 1. The molecule has 67 heavy (non-hydrogen) atoms. The number of rotatable bonds is 10. The van der Waals surface area contributed by atoms with Gasteiger partial charge >= 0.3 is 23.7 Å². The third kappa shape index (κ3) is 16.0. The SMILES string of the molecule is CNS(=O)(=O)c1cccc([C@@H]2CC[C@@H](C)CN2)c1.CNS(=O)(=O)c1cccc([C@@H]2CC[C@@H](C)CN2C(=O)C(=O)Nc2cncc(C(N)=O)c2)c1.NC(=O)c1cncc(NC(=O)C(=O)O)c1.[2H]CF. The standard InChI is InChI=1S/C21H25N5O5S.C13H20N2O2S.C8H7N3O4.CH3F/c1-13-6-7-18(14-4-3-5-17(9-14)32(30,31)23-2)26(12-13)21(29)20(28)25-16-8-15(19(22)27)10-24-11-16;1-10-6-7-13(15-9-10)11-4-3-5-12(8-11)18(16,17)14-2;9-6(12)4-1-5(3-10-2-4)11-7(13)8(14)15;1-2/h3-5,8-11,13,18,23H,6-7,12H2,1-2H3,(H2,22,27)(H,25,28);3-5,8,10,13-15H,6-7,9H2,1-2H3;1-3H,(H2,9,12)(H,11,13)(H,14,15);1H3/t13-,18+;10-,13+;;/m11../s1/i;;;1D. The van der Waals surface area contributed by atoms with Crippen LogP contribution < -0.4 is 36.9 Å². The Balaban J connectivity index is 0.000000287. The van der Waals surface area contributed by atoms with Gasteiger partial charge in [0.15, 0.2) is 0 Å². The molecule has 362 valence electrons. The third-order valence-corrected chi connectivity index (χ3v) is 13.2. The zero-order valence-electron chi connectivity index (χ0n) is 38.1. The molecule has 10 N–H and O–H groups in total. The predicted molar refractivity (Wildman–Crippen MR) is 245 cm³/mol. The molecular weight excluding hydrogens is 916 g/mol. The van der Waals surface area contributed by atoms with Gasteiger partial charge in [0.2, 0.25) is 31.9 Å². The van der Waals surface area contributed by atoms with E-state index in [2.05, 4.69) is 37.0 Å². The third-order valence-electron chi connectivity index (χ3n) is 10.4. The Hall–Kier alpha value is -6.73. The lowest BCUT2D eigenvalue weighted by Crippen LogP contribution is -2.46. The number of aliphatic carboxylic acids is 1. The molecular formula is C43H55FN10O11S2. The second kappa shape index (κ2) is 25.3. The number of anilines is 2. The van der Waals surface area contributed by atoms with E-state index in [0.717, 1.165) is 24.9 Å². The van der Waals surface area contributed by atoms with E-state index >= 15 is 0 Å². The zero-order chi connectivity index (χ0) is 50.8. The number of nitrogens with one attached hydrogen (secondary N) is 5. The van der Waals surface area contributed by atoms with Crippen LogP contribution in [-0.2, 0) is 39.2 Å². The van der Waals surface area contributed by atoms with Crippen LogP contribution in [0.3, 0.4) is 0 Å². The van der Waals surface area contributed by atoms with Crippen molar-refractivity contribution in [2.45, 2.75) is 61.4 Å². The van der Waals surface area contributed by atoms with Crippen molar-refractivity contribution in [2.24, 2.45) is 23.3 Å². The molecule has 0 spiro atoms. The number of piperidine rings is 2. The number of carbonyl (C=O) groups is 6. The zero-order valence-corrected chi connectivity index (χ0v) is 38.7. The number of primary amides is 2. The molecule has 4 aromatic rings. The number of sulfonamides is 2. The van der Waals surface area contributed by atoms with Crippen molar-refractivity contribution in [3.05, 3.63) is 108 Å². The fraction of sp³-hybridized carbons (Fsp3) is 0.349. The largest absolute Gasteiger partial charge is 0.474 e. The van der Waals surface area contributed by atoms with Gasteiger partial charge in [0.25, 0.3) is 0 Å². The Labute approximate surface area is 389 Å². The topological polar surface area (TPSA) is 332 Å². The molecule has 24 heteroatoms. The van der Waals surface area contributed by atoms with Gasteiger partial charge in [0.1, 0.15) is 0 Å². The number of pyridine rings is 2. The van der Waals surface area contributed by atoms with Gasteiger partial charge in [-0.3, -0.25) is 38.3 Å². The minimum absolute atomic E-state index is 0.0817. The minimum Gasteiger partial charge on any atom is -0.474 e. The number of aromatic nitrogens is 2. The van der Waals surface area contributed by atoms with Gasteiger partial charge in [0, 0.05) is 25.0 Å². The molecule has 0 aliphatic carbocycles. The molecule has 2 aliphatic heterocycles. The highest BCUT2D eigenvalue weighted by Gasteiger charge is 2.35. The molecule has 6 rings (SSSR count). The van der Waals surface area contributed by atoms with Crippen LogP contribution in [0.1, 0.15) is 84.8 Å². The lowest BCUT2D eigenvalue weighted by atomic mass is 9.90. The summed E-state index contributed by atoms with van der Waals surface area (Å²) in [6, 6.07) is 15.9. The molecule has 5 amide bonds. The van der Waals surface area contributed by atoms with E-state index in [1.165, 1.54) is 74.5 Å². The lowest BCUT2D eigenvalue weighted by molar-refractivity contribution is -0.147. The lowest BCUT2D eigenvalue weighted by Gasteiger charge is -2.38. The Kier molecular flexibility index (Phi) is 19.9. The second-order valence-corrected chi connectivity index (χ2v) is 19.0. The summed E-state index contributed by atoms with van der Waals surface area (Å²) in [4.78, 5) is 78.1. The first-order valence-corrected chi connectivity index (χ1v) is 23.3. The van der Waals surface area contributed by atoms with Crippen LogP contribution in [0.15, 0.2) is 95.2 Å². The van der Waals surface area contributed by atoms with Crippen LogP contribution in [0.2, 0.25) is 0 Å². The second-order valence-electron chi connectivity index (χ2n) is 15.2. The number of benzene rings is 2. The highest BCUT2D eigenvalue weighted by molar-refractivity contribution is 7.89. The number of carboxylic acids is 1. The van der Waals surface area contributed by atoms with Crippen LogP contribution in [0.4, 0.5) is 15.8 Å². The van der Waals surface area contributed by atoms with E-state index in [1.807, 2.05) is 18.3 Å². The number of alkyl halides is 1. The monoisotopic (exact) mass is 971 g/mol. The Morgan fingerprint density at radius 1 is 0.731 bits per heavy atom. The van der Waals surface area contributed by atoms with Crippen molar-refractivity contribution >= 4 is 66.9 Å². The van der Waals surface area contributed by atoms with Crippen molar-refractivity contribution in [3.8, 4) is 0 Å². The number of nitrogens with zero attached hydrogens (tertiary/aromatic N) is 3. The van der Waals surface area contributed by atoms with E-state index in [4.69, 9.17) is 17.9 Å². The molecule has 2 aromatic carbocycles. The van der Waals surface area contributed by atoms with Crippen molar-refractivity contribution in [2.75, 3.05) is 45.0 Å². The average Bonchev–Trinajstić information content (AvgIpc) is 3.32. The first-order chi connectivity index (χ1) is 32.1. The van der Waals surface area contributed by atoms with Crippen LogP contribution in [0.25, 0.3) is 0 Å². The maximum absolute atomic E-state index is 13.1. The number of nitrogens with two attached hydrogens (primary N) is 2. The van der Waals surface area contributed by atoms with Crippen LogP contribution in [0.5, 0.6) is 0 Å². The maximum atomic E-state index is 13.1. The average molecular weight is 972 g/mol. The van der Waals surface area contributed by atoms with E-state index in [0.29, 0.717) is 29.3 Å². The fourth-order valence-corrected chi connectivity index (χ4v) is 8.38. The van der Waals surface area contributed by atoms with Gasteiger partial charge < -0.3 is 37.4 Å². The van der Waals surface area contributed by atoms with Crippen molar-refractivity contribution in [1.82, 2.24) is 29.6 Å². The highest BCUT2D eigenvalue weighted by atomic mass is 32.2. The van der Waals surface area contributed by atoms with E-state index in [9.17, 15) is 50.0 Å². The molecule has 21 nitrogen and oxygen atoms in total. The fourth-order valence-electron chi connectivity index (χ4n) is 6.82. The predicted octanol–water partition coefficient (Wildman–Crippen LogP) is 2.47. The Morgan fingerprint density at radius 3 is 1.67 bits per heavy atom. The molecule has 4 heterocycles. The first kappa shape index (κ1) is 52.9. The van der Waals surface area contributed by atoms with Gasteiger partial charge in [-0.1, -0.05) is 38.1 Å². The number of halogens is 1. The van der Waals surface area contributed by atoms with Gasteiger partial charge in [-0.15, -0.1) is 0 Å². The minimum atomic E-state index is -3.65. The van der Waals surface area contributed by atoms with Crippen molar-refractivity contribution in [3.63, 3.8) is 0 Å². The summed E-state index contributed by atoms with van der Waals surface area (Å²) in [5, 5.41) is 16.3. The summed E-state index contributed by atoms with van der Waals surface area (Å²) < 4.78 is 68.0. The van der Waals surface area contributed by atoms with E-state index in [-0.39, 0.29) is 39.4 Å². The molecule has 2 fully saturated rings. The van der Waals surface area contributed by atoms with Gasteiger partial charge in [-0.2, -0.15) is 0 Å². The highest BCUT2D eigenvalue weighted by Crippen LogP contribution is 2.34. The van der Waals surface area contributed by atoms with E-state index < -0.39 is 68.7 Å². The van der Waals surface area contributed by atoms with Crippen LogP contribution in [0, 0.1) is 11.8 Å². The Morgan fingerprint density at radius 2 is 1.21 bits per heavy atom. The van der Waals surface area contributed by atoms with Crippen LogP contribution >= 0.6 is 0 Å². The molecule has 0 unspecified atom stereocenters. The molecule has 2 aromatic heterocycles. The van der Waals surface area contributed by atoms with Crippen molar-refractivity contribution < 1.29 is 56.5 Å². The van der Waals surface area contributed by atoms with Gasteiger partial charge in [-0.25, -0.2) is 31.1 Å². The normalized spacial score (nSPS) is 18.0. The summed E-state index contributed by atoms with van der Waals surface area (Å²) in [6.07, 6.45) is 8.62. The molecule has 4 atom stereocenters. The molecule has 0 saturated carbocycles. The first-order valence-electron chi connectivity index (χ1n) is 21.1. The smallest absolute Gasteiger partial charge is 0.394 e. The van der Waals surface area contributed by atoms with Gasteiger partial charge in [0.05, 0.1) is 59.3 Å². The molecule has 0 bridgehead atoms. The summed E-state index contributed by atoms with van der Waals surface area (Å²) in [5.74, 6) is -5.02. The summed E-state index contributed by atoms with van der Waals surface area (Å²) in [6.45, 7) is 5.55. The van der Waals surface area contributed by atoms with Gasteiger partial charge in [-0.05, 0) is 106 Å². The number of hydrogen-bond acceptors (Lipinski definition) is 13. The molecule has 0 radical (unpaired) electrons. The van der Waals surface area contributed by atoms with Crippen LogP contribution in [-0.4, -0.2) is 107 Å². The quantitative estimate of drug-likeness (QED) is 0.106. The van der Waals surface area contributed by atoms with Crippen molar-refractivity contribution in [1.29, 1.82) is 0 Å². The summed E-state index contributed by atoms with van der Waals surface area (Å²) >= 11 is 0. The number of amides is 5. The number of hydrogen-bond donors (Lipinski definition) is 8. The number of carbonyl (C=O) groups excluding carboxylic acids is 5. The Bertz CT molecular complexity index is 2660. The maximum Gasteiger partial charge on any atom is 0.394 e. The molecule has 2 saturated heterocycles. The molecule has 2 aliphatic rings.